The topological polar surface area (TPSA) is 180 Å². The molecule has 3 rings (SSSR count). The van der Waals surface area contributed by atoms with Gasteiger partial charge < -0.3 is 34.5 Å². The van der Waals surface area contributed by atoms with Crippen LogP contribution in [0.4, 0.5) is 19.9 Å². The molecule has 13 nitrogen and oxygen atoms in total. The summed E-state index contributed by atoms with van der Waals surface area (Å²) in [4.78, 5) is 56.4. The molecule has 1 atom stereocenters. The number of nitrogens with one attached hydrogen (secondary N) is 3. The first-order valence-electron chi connectivity index (χ1n) is 13.9. The quantitative estimate of drug-likeness (QED) is 0.104. The lowest BCUT2D eigenvalue weighted by atomic mass is 10.1. The van der Waals surface area contributed by atoms with Crippen LogP contribution < -0.4 is 16.0 Å². The molecular formula is C29H35ClFN4O9P. The molecule has 0 aliphatic rings. The summed E-state index contributed by atoms with van der Waals surface area (Å²) in [5, 5.41) is 7.46. The highest BCUT2D eigenvalue weighted by Crippen LogP contribution is 2.35. The van der Waals surface area contributed by atoms with Gasteiger partial charge >= 0.3 is 19.9 Å². The lowest BCUT2D eigenvalue weighted by Crippen LogP contribution is -2.42. The SMILES string of the molecule is CN(C(=O)CCc1cccc(F)c1Cl)[C@@H](CCCNC(=O)NCCOP(=O)(O)O)COC(=O)Nc1cc(-c2ccccc2)co1. The van der Waals surface area contributed by atoms with E-state index in [4.69, 9.17) is 30.5 Å². The second-order valence-corrected chi connectivity index (χ2v) is 11.4. The molecule has 1 heterocycles. The minimum atomic E-state index is -4.63. The summed E-state index contributed by atoms with van der Waals surface area (Å²) < 4.78 is 39.6. The fourth-order valence-corrected chi connectivity index (χ4v) is 4.73. The van der Waals surface area contributed by atoms with Crippen LogP contribution in [0.3, 0.4) is 0 Å². The van der Waals surface area contributed by atoms with Crippen molar-refractivity contribution < 1.29 is 46.8 Å². The highest BCUT2D eigenvalue weighted by atomic mass is 35.5. The first-order chi connectivity index (χ1) is 21.4. The molecule has 0 aliphatic heterocycles. The van der Waals surface area contributed by atoms with E-state index in [2.05, 4.69) is 20.5 Å². The molecule has 0 saturated carbocycles. The number of anilines is 1. The van der Waals surface area contributed by atoms with Gasteiger partial charge in [0, 0.05) is 38.2 Å². The van der Waals surface area contributed by atoms with E-state index < -0.39 is 31.8 Å². The van der Waals surface area contributed by atoms with E-state index in [0.29, 0.717) is 18.4 Å². The third kappa shape index (κ3) is 12.5. The van der Waals surface area contributed by atoms with Gasteiger partial charge in [-0.05, 0) is 36.5 Å². The van der Waals surface area contributed by atoms with Crippen molar-refractivity contribution in [2.45, 2.75) is 31.7 Å². The van der Waals surface area contributed by atoms with Crippen LogP contribution in [-0.4, -0.2) is 72.1 Å². The molecule has 16 heteroatoms. The Morgan fingerprint density at radius 3 is 2.53 bits per heavy atom. The molecule has 45 heavy (non-hydrogen) atoms. The highest BCUT2D eigenvalue weighted by molar-refractivity contribution is 7.46. The van der Waals surface area contributed by atoms with Gasteiger partial charge in [-0.1, -0.05) is 54.1 Å². The minimum absolute atomic E-state index is 0.0222. The zero-order chi connectivity index (χ0) is 32.8. The maximum absolute atomic E-state index is 13.8. The molecule has 0 aliphatic carbocycles. The summed E-state index contributed by atoms with van der Waals surface area (Å²) in [6.07, 6.45) is 1.64. The molecule has 5 N–H and O–H groups in total. The Labute approximate surface area is 264 Å². The van der Waals surface area contributed by atoms with Gasteiger partial charge in [-0.3, -0.25) is 14.6 Å². The van der Waals surface area contributed by atoms with Gasteiger partial charge in [0.25, 0.3) is 0 Å². The van der Waals surface area contributed by atoms with E-state index in [9.17, 15) is 23.3 Å². The van der Waals surface area contributed by atoms with Gasteiger partial charge in [0.1, 0.15) is 18.7 Å². The minimum Gasteiger partial charge on any atom is -0.448 e. The van der Waals surface area contributed by atoms with Crippen LogP contribution in [0.15, 0.2) is 65.3 Å². The number of urea groups is 1. The van der Waals surface area contributed by atoms with Crippen molar-refractivity contribution in [2.24, 2.45) is 0 Å². The normalized spacial score (nSPS) is 11.8. The van der Waals surface area contributed by atoms with Gasteiger partial charge in [0.15, 0.2) is 0 Å². The Hall–Kier alpha value is -3.94. The van der Waals surface area contributed by atoms with Crippen LogP contribution in [0, 0.1) is 5.82 Å². The molecule has 3 aromatic rings. The number of benzene rings is 2. The fourth-order valence-electron chi connectivity index (χ4n) is 4.18. The molecule has 0 bridgehead atoms. The van der Waals surface area contributed by atoms with E-state index in [-0.39, 0.29) is 56.0 Å². The summed E-state index contributed by atoms with van der Waals surface area (Å²) in [5.74, 6) is -0.697. The summed E-state index contributed by atoms with van der Waals surface area (Å²) in [7, 11) is -3.07. The van der Waals surface area contributed by atoms with Crippen LogP contribution >= 0.6 is 19.4 Å². The zero-order valence-electron chi connectivity index (χ0n) is 24.4. The Morgan fingerprint density at radius 2 is 1.80 bits per heavy atom. The molecule has 1 aromatic heterocycles. The highest BCUT2D eigenvalue weighted by Gasteiger charge is 2.23. The molecule has 244 valence electrons. The average molecular weight is 669 g/mol. The molecular weight excluding hydrogens is 634 g/mol. The number of amides is 4. The smallest absolute Gasteiger partial charge is 0.448 e. The number of halogens is 2. The molecule has 0 unspecified atom stereocenters. The number of phosphoric acid groups is 1. The number of hydrogen-bond acceptors (Lipinski definition) is 7. The van der Waals surface area contributed by atoms with Crippen LogP contribution in [0.5, 0.6) is 0 Å². The maximum atomic E-state index is 13.8. The van der Waals surface area contributed by atoms with Gasteiger partial charge in [-0.25, -0.2) is 18.5 Å². The third-order valence-electron chi connectivity index (χ3n) is 6.57. The number of ether oxygens (including phenoxy) is 1. The van der Waals surface area contributed by atoms with Gasteiger partial charge in [0.05, 0.1) is 17.7 Å². The van der Waals surface area contributed by atoms with Crippen LogP contribution in [0.25, 0.3) is 11.1 Å². The van der Waals surface area contributed by atoms with E-state index in [1.165, 1.54) is 23.3 Å². The Morgan fingerprint density at radius 1 is 1.07 bits per heavy atom. The van der Waals surface area contributed by atoms with E-state index in [0.717, 1.165) is 11.1 Å². The molecule has 0 radical (unpaired) electrons. The van der Waals surface area contributed by atoms with E-state index in [1.54, 1.807) is 19.2 Å². The number of aryl methyl sites for hydroxylation is 1. The molecule has 0 spiro atoms. The number of nitrogens with zero attached hydrogens (tertiary/aromatic N) is 1. The summed E-state index contributed by atoms with van der Waals surface area (Å²) in [5.41, 5.74) is 2.15. The summed E-state index contributed by atoms with van der Waals surface area (Å²) in [6.45, 7) is -0.494. The van der Waals surface area contributed by atoms with Crippen molar-refractivity contribution in [3.8, 4) is 11.1 Å². The zero-order valence-corrected chi connectivity index (χ0v) is 26.1. The van der Waals surface area contributed by atoms with Crippen molar-refractivity contribution in [1.29, 1.82) is 0 Å². The third-order valence-corrected chi connectivity index (χ3v) is 7.51. The predicted octanol–water partition coefficient (Wildman–Crippen LogP) is 4.94. The van der Waals surface area contributed by atoms with Crippen LogP contribution in [0.1, 0.15) is 24.8 Å². The van der Waals surface area contributed by atoms with Crippen molar-refractivity contribution in [3.05, 3.63) is 77.3 Å². The van der Waals surface area contributed by atoms with Crippen LogP contribution in [-0.2, 0) is 25.0 Å². The predicted molar refractivity (Wildman–Crippen MR) is 164 cm³/mol. The van der Waals surface area contributed by atoms with Gasteiger partial charge in [-0.2, -0.15) is 0 Å². The number of likely N-dealkylation sites (N-methyl/N-ethyl adjacent to an activating group) is 1. The molecule has 0 fully saturated rings. The first kappa shape index (κ1) is 35.5. The maximum Gasteiger partial charge on any atom is 0.469 e. The Bertz CT molecular complexity index is 1470. The van der Waals surface area contributed by atoms with Crippen molar-refractivity contribution in [1.82, 2.24) is 15.5 Å². The van der Waals surface area contributed by atoms with Gasteiger partial charge in [0.2, 0.25) is 11.8 Å². The van der Waals surface area contributed by atoms with E-state index >= 15 is 0 Å². The monoisotopic (exact) mass is 668 g/mol. The first-order valence-corrected chi connectivity index (χ1v) is 15.8. The second-order valence-electron chi connectivity index (χ2n) is 9.81. The molecule has 4 amide bonds. The summed E-state index contributed by atoms with van der Waals surface area (Å²) >= 11 is 6.02. The van der Waals surface area contributed by atoms with Gasteiger partial charge in [-0.15, -0.1) is 0 Å². The Kier molecular flexibility index (Phi) is 13.8. The standard InChI is InChI=1S/C29H35ClFN4O9P/c1-35(26(36)13-12-21-9-5-11-24(31)27(21)30)23(10-6-14-32-28(37)33-15-16-44-45(39,40)41)19-43-29(38)34-25-17-22(18-42-25)20-7-3-2-4-8-20/h2-5,7-9,11,17-18,23H,6,10,12-16,19H2,1H3,(H,34,38)(H2,32,33,37)(H2,39,40,41)/t23-/m0/s1. The number of hydrogen-bond donors (Lipinski definition) is 5. The average Bonchev–Trinajstić information content (AvgIpc) is 3.47. The molecule has 2 aromatic carbocycles. The number of carbonyl (C=O) groups excluding carboxylic acids is 3. The molecule has 0 saturated heterocycles. The number of carbonyl (C=O) groups is 3. The van der Waals surface area contributed by atoms with Crippen LogP contribution in [0.2, 0.25) is 5.02 Å². The second kappa shape index (κ2) is 17.5. The lowest BCUT2D eigenvalue weighted by molar-refractivity contribution is -0.132. The number of phosphoric ester groups is 1. The van der Waals surface area contributed by atoms with Crippen molar-refractivity contribution in [3.63, 3.8) is 0 Å². The van der Waals surface area contributed by atoms with E-state index in [1.807, 2.05) is 30.3 Å². The van der Waals surface area contributed by atoms with Crippen molar-refractivity contribution in [2.75, 3.05) is 38.7 Å². The summed E-state index contributed by atoms with van der Waals surface area (Å²) in [6, 6.07) is 14.3. The number of rotatable bonds is 16. The number of furan rings is 1. The Balaban J connectivity index is 1.53. The fraction of sp³-hybridized carbons (Fsp3) is 0.345. The van der Waals surface area contributed by atoms with Crippen molar-refractivity contribution >= 4 is 43.3 Å². The lowest BCUT2D eigenvalue weighted by Gasteiger charge is -2.28. The largest absolute Gasteiger partial charge is 0.469 e.